The number of rotatable bonds is 6. The van der Waals surface area contributed by atoms with Crippen LogP contribution in [0.4, 0.5) is 19.0 Å². The fraction of sp³-hybridized carbons (Fsp3) is 0.400. The number of likely N-dealkylation sites (tertiary alicyclic amines) is 1. The van der Waals surface area contributed by atoms with Gasteiger partial charge in [0.25, 0.3) is 0 Å². The number of halogens is 3. The smallest absolute Gasteiger partial charge is 0.500 e. The molecule has 2 atom stereocenters. The van der Waals surface area contributed by atoms with Crippen molar-refractivity contribution in [3.05, 3.63) is 42.3 Å². The third kappa shape index (κ3) is 4.38. The van der Waals surface area contributed by atoms with Crippen molar-refractivity contribution in [3.63, 3.8) is 0 Å². The summed E-state index contributed by atoms with van der Waals surface area (Å²) in [6, 6.07) is 3.82. The highest BCUT2D eigenvalue weighted by Crippen LogP contribution is 2.35. The molecule has 3 rings (SSSR count). The summed E-state index contributed by atoms with van der Waals surface area (Å²) in [5, 5.41) is 0.966. The van der Waals surface area contributed by atoms with E-state index in [4.69, 9.17) is 10.5 Å². The van der Waals surface area contributed by atoms with E-state index in [2.05, 4.69) is 16.3 Å². The average molecular weight is 409 g/mol. The van der Waals surface area contributed by atoms with E-state index < -0.39 is 18.2 Å². The molecule has 1 saturated heterocycles. The molecule has 1 aliphatic heterocycles. The maximum Gasteiger partial charge on any atom is 0.573 e. The maximum atomic E-state index is 13.0. The van der Waals surface area contributed by atoms with E-state index in [9.17, 15) is 18.0 Å². The fourth-order valence-electron chi connectivity index (χ4n) is 3.55. The van der Waals surface area contributed by atoms with E-state index >= 15 is 0 Å². The second-order valence-corrected chi connectivity index (χ2v) is 7.04. The molecule has 2 heterocycles. The Morgan fingerprint density at radius 3 is 2.76 bits per heavy atom. The number of methoxy groups -OCH3 is 1. The van der Waals surface area contributed by atoms with Crippen LogP contribution in [-0.2, 0) is 16.0 Å². The van der Waals surface area contributed by atoms with Crippen LogP contribution in [0.1, 0.15) is 18.9 Å². The molecule has 0 saturated carbocycles. The normalized spacial score (nSPS) is 18.2. The zero-order chi connectivity index (χ0) is 21.3. The second kappa shape index (κ2) is 7.81. The largest absolute Gasteiger partial charge is 0.573 e. The molecular weight excluding hydrogens is 387 g/mol. The molecule has 29 heavy (non-hydrogen) atoms. The third-order valence-corrected chi connectivity index (χ3v) is 5.13. The van der Waals surface area contributed by atoms with E-state index in [1.165, 1.54) is 19.4 Å². The number of pyridine rings is 1. The van der Waals surface area contributed by atoms with Gasteiger partial charge in [-0.1, -0.05) is 13.5 Å². The van der Waals surface area contributed by atoms with Gasteiger partial charge in [-0.15, -0.1) is 13.2 Å². The molecule has 1 fully saturated rings. The lowest BCUT2D eigenvalue weighted by atomic mass is 9.99. The van der Waals surface area contributed by atoms with E-state index in [1.54, 1.807) is 17.0 Å². The van der Waals surface area contributed by atoms with Crippen molar-refractivity contribution >= 4 is 22.5 Å². The molecule has 9 heteroatoms. The first-order chi connectivity index (χ1) is 13.6. The Balaban J connectivity index is 2.06. The van der Waals surface area contributed by atoms with Crippen molar-refractivity contribution in [2.24, 2.45) is 5.92 Å². The van der Waals surface area contributed by atoms with E-state index in [1.807, 2.05) is 6.92 Å². The molecule has 0 radical (unpaired) electrons. The fourth-order valence-corrected chi connectivity index (χ4v) is 3.55. The minimum Gasteiger partial charge on any atom is -0.500 e. The zero-order valence-corrected chi connectivity index (χ0v) is 16.1. The zero-order valence-electron chi connectivity index (χ0n) is 16.1. The molecule has 2 aromatic rings. The van der Waals surface area contributed by atoms with Gasteiger partial charge < -0.3 is 20.1 Å². The minimum atomic E-state index is -4.88. The topological polar surface area (TPSA) is 77.7 Å². The molecule has 1 amide bonds. The summed E-state index contributed by atoms with van der Waals surface area (Å²) in [5.41, 5.74) is 6.07. The standard InChI is InChI=1S/C20H22F3N3O3/c1-11-5-7-26(19(11)27)16(12(2)28-3)9-14-8-13-4-6-25-18(24)15(13)10-17(14)29-20(21,22)23/h4,6,8,10-11,16H,2,5,7,9H2,1,3H3,(H2,24,25)/t11-,16+/m0/s1. The highest BCUT2D eigenvalue weighted by Gasteiger charge is 2.37. The van der Waals surface area contributed by atoms with Crippen LogP contribution in [0.15, 0.2) is 36.7 Å². The summed E-state index contributed by atoms with van der Waals surface area (Å²) in [6.45, 7) is 6.14. The Bertz CT molecular complexity index is 946. The number of hydrogen-bond donors (Lipinski definition) is 1. The Kier molecular flexibility index (Phi) is 5.59. The summed E-state index contributed by atoms with van der Waals surface area (Å²) in [5.74, 6) is -0.239. The van der Waals surface area contributed by atoms with Gasteiger partial charge >= 0.3 is 6.36 Å². The Morgan fingerprint density at radius 1 is 1.45 bits per heavy atom. The van der Waals surface area contributed by atoms with Crippen LogP contribution in [0.3, 0.4) is 0 Å². The lowest BCUT2D eigenvalue weighted by Crippen LogP contribution is -2.40. The number of carbonyl (C=O) groups excluding carboxylic acids is 1. The Morgan fingerprint density at radius 2 is 2.17 bits per heavy atom. The molecule has 156 valence electrons. The van der Waals surface area contributed by atoms with Crippen molar-refractivity contribution in [2.75, 3.05) is 19.4 Å². The van der Waals surface area contributed by atoms with Crippen LogP contribution in [-0.4, -0.2) is 41.8 Å². The Labute approximate surface area is 166 Å². The number of amides is 1. The van der Waals surface area contributed by atoms with Gasteiger partial charge in [0, 0.05) is 30.5 Å². The molecule has 0 unspecified atom stereocenters. The molecule has 0 spiro atoms. The van der Waals surface area contributed by atoms with E-state index in [0.717, 1.165) is 0 Å². The van der Waals surface area contributed by atoms with E-state index in [-0.39, 0.29) is 29.6 Å². The average Bonchev–Trinajstić information content (AvgIpc) is 2.97. The predicted octanol–water partition coefficient (Wildman–Crippen LogP) is 3.66. The van der Waals surface area contributed by atoms with Crippen molar-refractivity contribution in [3.8, 4) is 5.75 Å². The molecule has 1 aliphatic rings. The van der Waals surface area contributed by atoms with Gasteiger partial charge in [0.1, 0.15) is 17.3 Å². The van der Waals surface area contributed by atoms with E-state index in [0.29, 0.717) is 29.5 Å². The first-order valence-electron chi connectivity index (χ1n) is 9.07. The number of nitrogens with zero attached hydrogens (tertiary/aromatic N) is 2. The summed E-state index contributed by atoms with van der Waals surface area (Å²) in [4.78, 5) is 18.0. The van der Waals surface area contributed by atoms with Gasteiger partial charge in [0.15, 0.2) is 0 Å². The summed E-state index contributed by atoms with van der Waals surface area (Å²) in [6.07, 6.45) is -2.69. The molecule has 6 nitrogen and oxygen atoms in total. The van der Waals surface area contributed by atoms with Gasteiger partial charge in [-0.05, 0) is 35.6 Å². The summed E-state index contributed by atoms with van der Waals surface area (Å²) >= 11 is 0. The van der Waals surface area contributed by atoms with Gasteiger partial charge in [-0.3, -0.25) is 4.79 Å². The van der Waals surface area contributed by atoms with Crippen molar-refractivity contribution in [1.82, 2.24) is 9.88 Å². The number of fused-ring (bicyclic) bond motifs is 1. The number of hydrogen-bond acceptors (Lipinski definition) is 5. The number of carbonyl (C=O) groups is 1. The van der Waals surface area contributed by atoms with Crippen molar-refractivity contribution < 1.29 is 27.4 Å². The van der Waals surface area contributed by atoms with Crippen LogP contribution in [0.2, 0.25) is 0 Å². The SMILES string of the molecule is C=C(OC)[C@@H](Cc1cc2ccnc(N)c2cc1OC(F)(F)F)N1CC[C@H](C)C1=O. The van der Waals surface area contributed by atoms with Crippen LogP contribution >= 0.6 is 0 Å². The third-order valence-electron chi connectivity index (χ3n) is 5.13. The van der Waals surface area contributed by atoms with Crippen LogP contribution in [0.5, 0.6) is 5.75 Å². The minimum absolute atomic E-state index is 0.0503. The first-order valence-corrected chi connectivity index (χ1v) is 9.07. The number of benzene rings is 1. The second-order valence-electron chi connectivity index (χ2n) is 7.04. The summed E-state index contributed by atoms with van der Waals surface area (Å²) in [7, 11) is 1.42. The molecular formula is C20H22F3N3O3. The van der Waals surface area contributed by atoms with Crippen LogP contribution in [0.25, 0.3) is 10.8 Å². The van der Waals surface area contributed by atoms with Gasteiger partial charge in [-0.2, -0.15) is 0 Å². The quantitative estimate of drug-likeness (QED) is 0.737. The van der Waals surface area contributed by atoms with Crippen molar-refractivity contribution in [2.45, 2.75) is 32.2 Å². The number of aromatic nitrogens is 1. The number of nitrogen functional groups attached to an aromatic ring is 1. The van der Waals surface area contributed by atoms with Crippen molar-refractivity contribution in [1.29, 1.82) is 0 Å². The molecule has 0 aliphatic carbocycles. The molecule has 1 aromatic carbocycles. The van der Waals surface area contributed by atoms with Crippen LogP contribution < -0.4 is 10.5 Å². The van der Waals surface area contributed by atoms with Crippen LogP contribution in [0, 0.1) is 5.92 Å². The maximum absolute atomic E-state index is 13.0. The monoisotopic (exact) mass is 409 g/mol. The number of nitrogens with two attached hydrogens (primary N) is 1. The first kappa shape index (κ1) is 20.8. The Hall–Kier alpha value is -2.97. The molecule has 2 N–H and O–H groups in total. The molecule has 0 bridgehead atoms. The number of anilines is 1. The number of ether oxygens (including phenoxy) is 2. The highest BCUT2D eigenvalue weighted by atomic mass is 19.4. The predicted molar refractivity (Wildman–Crippen MR) is 102 cm³/mol. The van der Waals surface area contributed by atoms with Gasteiger partial charge in [-0.25, -0.2) is 4.98 Å². The lowest BCUT2D eigenvalue weighted by Gasteiger charge is -2.29. The molecule has 1 aromatic heterocycles. The number of alkyl halides is 3. The van der Waals surface area contributed by atoms with Gasteiger partial charge in [0.2, 0.25) is 5.91 Å². The lowest BCUT2D eigenvalue weighted by molar-refractivity contribution is -0.274. The summed E-state index contributed by atoms with van der Waals surface area (Å²) < 4.78 is 48.6. The highest BCUT2D eigenvalue weighted by molar-refractivity contribution is 5.92. The van der Waals surface area contributed by atoms with Gasteiger partial charge in [0.05, 0.1) is 13.2 Å².